The highest BCUT2D eigenvalue weighted by molar-refractivity contribution is 6.01. The van der Waals surface area contributed by atoms with E-state index in [0.717, 1.165) is 44.3 Å². The van der Waals surface area contributed by atoms with E-state index in [1.807, 2.05) is 24.4 Å². The van der Waals surface area contributed by atoms with Gasteiger partial charge >= 0.3 is 0 Å². The molecule has 1 amide bonds. The Labute approximate surface area is 120 Å². The minimum absolute atomic E-state index is 0.188. The SMILES string of the molecule is CCCn1cccc1/C=C(\C#N)C(=O)NC1CCCC1. The lowest BCUT2D eigenvalue weighted by atomic mass is 10.2. The van der Waals surface area contributed by atoms with Crippen LogP contribution in [0.15, 0.2) is 23.9 Å². The summed E-state index contributed by atoms with van der Waals surface area (Å²) in [5.74, 6) is -0.247. The van der Waals surface area contributed by atoms with E-state index in [-0.39, 0.29) is 17.5 Å². The van der Waals surface area contributed by atoms with Crippen molar-refractivity contribution in [1.82, 2.24) is 9.88 Å². The molecule has 106 valence electrons. The first-order valence-corrected chi connectivity index (χ1v) is 7.32. The van der Waals surface area contributed by atoms with E-state index in [9.17, 15) is 10.1 Å². The van der Waals surface area contributed by atoms with E-state index in [1.54, 1.807) is 6.08 Å². The van der Waals surface area contributed by atoms with Crippen molar-refractivity contribution in [2.24, 2.45) is 0 Å². The zero-order valence-electron chi connectivity index (χ0n) is 11.9. The Morgan fingerprint density at radius 3 is 2.95 bits per heavy atom. The molecule has 0 saturated heterocycles. The van der Waals surface area contributed by atoms with Crippen LogP contribution in [0.1, 0.15) is 44.7 Å². The number of nitriles is 1. The van der Waals surface area contributed by atoms with Gasteiger partial charge in [0.25, 0.3) is 5.91 Å². The van der Waals surface area contributed by atoms with Crippen LogP contribution < -0.4 is 5.32 Å². The molecule has 0 aromatic carbocycles. The van der Waals surface area contributed by atoms with Gasteiger partial charge < -0.3 is 9.88 Å². The lowest BCUT2D eigenvalue weighted by molar-refractivity contribution is -0.117. The number of aromatic nitrogens is 1. The number of nitrogens with one attached hydrogen (secondary N) is 1. The third kappa shape index (κ3) is 3.51. The average molecular weight is 271 g/mol. The van der Waals surface area contributed by atoms with Gasteiger partial charge in [-0.2, -0.15) is 5.26 Å². The number of nitrogens with zero attached hydrogens (tertiary/aromatic N) is 2. The molecule has 1 N–H and O–H groups in total. The molecule has 20 heavy (non-hydrogen) atoms. The van der Waals surface area contributed by atoms with Crippen molar-refractivity contribution in [2.75, 3.05) is 0 Å². The standard InChI is InChI=1S/C16H21N3O/c1-2-9-19-10-5-8-15(19)11-13(12-17)16(20)18-14-6-3-4-7-14/h5,8,10-11,14H,2-4,6-7,9H2,1H3,(H,18,20)/b13-11+. The zero-order valence-corrected chi connectivity index (χ0v) is 11.9. The minimum atomic E-state index is -0.247. The first-order valence-electron chi connectivity index (χ1n) is 7.32. The first kappa shape index (κ1) is 14.4. The predicted octanol–water partition coefficient (Wildman–Crippen LogP) is 2.86. The van der Waals surface area contributed by atoms with Crippen LogP contribution in [-0.4, -0.2) is 16.5 Å². The maximum Gasteiger partial charge on any atom is 0.262 e. The topological polar surface area (TPSA) is 57.8 Å². The quantitative estimate of drug-likeness (QED) is 0.661. The van der Waals surface area contributed by atoms with Gasteiger partial charge in [-0.05, 0) is 37.5 Å². The molecule has 1 fully saturated rings. The van der Waals surface area contributed by atoms with Crippen LogP contribution in [-0.2, 0) is 11.3 Å². The largest absolute Gasteiger partial charge is 0.349 e. The first-order chi connectivity index (χ1) is 9.74. The molecule has 1 aromatic heterocycles. The molecule has 4 heteroatoms. The molecule has 1 aliphatic rings. The van der Waals surface area contributed by atoms with E-state index in [2.05, 4.69) is 16.8 Å². The van der Waals surface area contributed by atoms with Crippen LogP contribution in [0.3, 0.4) is 0 Å². The van der Waals surface area contributed by atoms with Gasteiger partial charge in [-0.3, -0.25) is 4.79 Å². The van der Waals surface area contributed by atoms with Crippen molar-refractivity contribution in [3.05, 3.63) is 29.6 Å². The summed E-state index contributed by atoms with van der Waals surface area (Å²) < 4.78 is 2.06. The maximum absolute atomic E-state index is 12.1. The molecular weight excluding hydrogens is 250 g/mol. The van der Waals surface area contributed by atoms with E-state index in [4.69, 9.17) is 0 Å². The van der Waals surface area contributed by atoms with Gasteiger partial charge in [0.05, 0.1) is 0 Å². The monoisotopic (exact) mass is 271 g/mol. The third-order valence-corrected chi connectivity index (χ3v) is 3.68. The van der Waals surface area contributed by atoms with Crippen molar-refractivity contribution in [3.8, 4) is 6.07 Å². The van der Waals surface area contributed by atoms with Gasteiger partial charge in [-0.25, -0.2) is 0 Å². The normalized spacial score (nSPS) is 16.1. The fourth-order valence-electron chi connectivity index (χ4n) is 2.63. The number of amides is 1. The molecule has 0 unspecified atom stereocenters. The van der Waals surface area contributed by atoms with E-state index in [1.165, 1.54) is 0 Å². The van der Waals surface area contributed by atoms with E-state index in [0.29, 0.717) is 0 Å². The Balaban J connectivity index is 2.10. The van der Waals surface area contributed by atoms with Gasteiger partial charge in [0.2, 0.25) is 0 Å². The van der Waals surface area contributed by atoms with Crippen LogP contribution in [0.5, 0.6) is 0 Å². The van der Waals surface area contributed by atoms with Gasteiger partial charge in [-0.1, -0.05) is 19.8 Å². The molecule has 4 nitrogen and oxygen atoms in total. The molecule has 2 rings (SSSR count). The van der Waals surface area contributed by atoms with Crippen molar-refractivity contribution < 1.29 is 4.79 Å². The summed E-state index contributed by atoms with van der Waals surface area (Å²) in [5.41, 5.74) is 1.10. The van der Waals surface area contributed by atoms with Crippen LogP contribution in [0.2, 0.25) is 0 Å². The van der Waals surface area contributed by atoms with Gasteiger partial charge in [0.15, 0.2) is 0 Å². The lowest BCUT2D eigenvalue weighted by Crippen LogP contribution is -2.33. The molecule has 1 saturated carbocycles. The van der Waals surface area contributed by atoms with Gasteiger partial charge in [-0.15, -0.1) is 0 Å². The zero-order chi connectivity index (χ0) is 14.4. The number of aryl methyl sites for hydroxylation is 1. The van der Waals surface area contributed by atoms with E-state index < -0.39 is 0 Å². The second-order valence-electron chi connectivity index (χ2n) is 5.25. The Kier molecular flexibility index (Phi) is 5.00. The van der Waals surface area contributed by atoms with Gasteiger partial charge in [0, 0.05) is 24.5 Å². The predicted molar refractivity (Wildman–Crippen MR) is 78.7 cm³/mol. The van der Waals surface area contributed by atoms with Crippen LogP contribution in [0.4, 0.5) is 0 Å². The summed E-state index contributed by atoms with van der Waals surface area (Å²) >= 11 is 0. The number of hydrogen-bond acceptors (Lipinski definition) is 2. The summed E-state index contributed by atoms with van der Waals surface area (Å²) in [7, 11) is 0. The van der Waals surface area contributed by atoms with Crippen LogP contribution >= 0.6 is 0 Å². The Morgan fingerprint density at radius 2 is 2.30 bits per heavy atom. The Morgan fingerprint density at radius 1 is 1.55 bits per heavy atom. The van der Waals surface area contributed by atoms with Crippen LogP contribution in [0.25, 0.3) is 6.08 Å². The van der Waals surface area contributed by atoms with Crippen molar-refractivity contribution in [2.45, 2.75) is 51.6 Å². The molecule has 0 bridgehead atoms. The molecule has 1 aromatic rings. The fraction of sp³-hybridized carbons (Fsp3) is 0.500. The molecule has 0 aliphatic heterocycles. The minimum Gasteiger partial charge on any atom is -0.349 e. The molecule has 1 aliphatic carbocycles. The maximum atomic E-state index is 12.1. The highest BCUT2D eigenvalue weighted by Crippen LogP contribution is 2.18. The second-order valence-corrected chi connectivity index (χ2v) is 5.25. The highest BCUT2D eigenvalue weighted by Gasteiger charge is 2.19. The second kappa shape index (κ2) is 6.95. The van der Waals surface area contributed by atoms with Crippen molar-refractivity contribution in [3.63, 3.8) is 0 Å². The average Bonchev–Trinajstić information content (AvgIpc) is 3.08. The number of rotatable bonds is 5. The summed E-state index contributed by atoms with van der Waals surface area (Å²) in [6.45, 7) is 2.99. The Bertz CT molecular complexity index is 530. The number of hydrogen-bond donors (Lipinski definition) is 1. The van der Waals surface area contributed by atoms with Crippen molar-refractivity contribution >= 4 is 12.0 Å². The molecule has 1 heterocycles. The summed E-state index contributed by atoms with van der Waals surface area (Å²) in [6, 6.07) is 6.12. The van der Waals surface area contributed by atoms with Crippen molar-refractivity contribution in [1.29, 1.82) is 5.26 Å². The number of carbonyl (C=O) groups is 1. The third-order valence-electron chi connectivity index (χ3n) is 3.68. The van der Waals surface area contributed by atoms with Gasteiger partial charge in [0.1, 0.15) is 11.6 Å². The van der Waals surface area contributed by atoms with E-state index >= 15 is 0 Å². The Hall–Kier alpha value is -2.02. The molecule has 0 atom stereocenters. The summed E-state index contributed by atoms with van der Waals surface area (Å²) in [6.07, 6.45) is 9.05. The molecule has 0 radical (unpaired) electrons. The fourth-order valence-corrected chi connectivity index (χ4v) is 2.63. The molecule has 0 spiro atoms. The lowest BCUT2D eigenvalue weighted by Gasteiger charge is -2.11. The smallest absolute Gasteiger partial charge is 0.262 e. The summed E-state index contributed by atoms with van der Waals surface area (Å²) in [5, 5.41) is 12.2. The molecular formula is C16H21N3O. The van der Waals surface area contributed by atoms with Crippen LogP contribution in [0, 0.1) is 11.3 Å². The highest BCUT2D eigenvalue weighted by atomic mass is 16.1. The summed E-state index contributed by atoms with van der Waals surface area (Å²) in [4.78, 5) is 12.1. The number of carbonyl (C=O) groups excluding carboxylic acids is 1.